The highest BCUT2D eigenvalue weighted by atomic mass is 16.5. The fourth-order valence-electron chi connectivity index (χ4n) is 1.55. The first-order valence-electron chi connectivity index (χ1n) is 4.61. The molecule has 0 unspecified atom stereocenters. The molecule has 1 aliphatic heterocycles. The smallest absolute Gasteiger partial charge is 0.338 e. The highest BCUT2D eigenvalue weighted by Crippen LogP contribution is 2.26. The van der Waals surface area contributed by atoms with E-state index >= 15 is 0 Å². The minimum absolute atomic E-state index is 0.308. The lowest BCUT2D eigenvalue weighted by atomic mass is 10.0. The predicted molar refractivity (Wildman–Crippen MR) is 58.9 cm³/mol. The van der Waals surface area contributed by atoms with Crippen LogP contribution in [0.3, 0.4) is 0 Å². The number of hydrogen-bond donors (Lipinski definition) is 1. The molecule has 1 aromatic carbocycles. The van der Waals surface area contributed by atoms with Crippen LogP contribution in [0, 0.1) is 0 Å². The van der Waals surface area contributed by atoms with Gasteiger partial charge in [0, 0.05) is 11.3 Å². The molecule has 1 aromatic rings. The van der Waals surface area contributed by atoms with Crippen LogP contribution in [0.5, 0.6) is 0 Å². The van der Waals surface area contributed by atoms with Crippen molar-refractivity contribution in [2.45, 2.75) is 0 Å². The highest BCUT2D eigenvalue weighted by molar-refractivity contribution is 6.04. The molecule has 0 saturated carbocycles. The van der Waals surface area contributed by atoms with Gasteiger partial charge in [-0.3, -0.25) is 0 Å². The third kappa shape index (κ3) is 1.64. The SMILES string of the molecule is C=CC1=C(c2ccc(N)cc2)COC1=O. The molecule has 15 heavy (non-hydrogen) atoms. The number of ether oxygens (including phenoxy) is 1. The summed E-state index contributed by atoms with van der Waals surface area (Å²) in [4.78, 5) is 11.3. The Labute approximate surface area is 87.9 Å². The first kappa shape index (κ1) is 9.52. The topological polar surface area (TPSA) is 52.3 Å². The van der Waals surface area contributed by atoms with Crippen LogP contribution in [-0.4, -0.2) is 12.6 Å². The second-order valence-electron chi connectivity index (χ2n) is 3.29. The van der Waals surface area contributed by atoms with E-state index in [2.05, 4.69) is 6.58 Å². The average Bonchev–Trinajstić information content (AvgIpc) is 2.61. The Balaban J connectivity index is 2.46. The maximum absolute atomic E-state index is 11.3. The van der Waals surface area contributed by atoms with Gasteiger partial charge in [-0.15, -0.1) is 0 Å². The molecule has 3 heteroatoms. The van der Waals surface area contributed by atoms with Crippen LogP contribution in [0.15, 0.2) is 42.5 Å². The van der Waals surface area contributed by atoms with E-state index in [9.17, 15) is 4.79 Å². The van der Waals surface area contributed by atoms with Crippen LogP contribution in [0.2, 0.25) is 0 Å². The molecule has 1 heterocycles. The average molecular weight is 201 g/mol. The Morgan fingerprint density at radius 2 is 2.00 bits per heavy atom. The number of carbonyl (C=O) groups is 1. The summed E-state index contributed by atoms with van der Waals surface area (Å²) in [6, 6.07) is 7.34. The summed E-state index contributed by atoms with van der Waals surface area (Å²) in [5, 5.41) is 0. The number of hydrogen-bond acceptors (Lipinski definition) is 3. The molecular weight excluding hydrogens is 190 g/mol. The molecule has 2 rings (SSSR count). The number of nitrogen functional groups attached to an aromatic ring is 1. The molecule has 2 N–H and O–H groups in total. The molecule has 0 aromatic heterocycles. The number of carbonyl (C=O) groups excluding carboxylic acids is 1. The van der Waals surface area contributed by atoms with Crippen molar-refractivity contribution in [3.63, 3.8) is 0 Å². The molecule has 0 amide bonds. The van der Waals surface area contributed by atoms with Crippen molar-refractivity contribution >= 4 is 17.2 Å². The van der Waals surface area contributed by atoms with Crippen molar-refractivity contribution in [1.29, 1.82) is 0 Å². The van der Waals surface area contributed by atoms with Crippen molar-refractivity contribution in [2.24, 2.45) is 0 Å². The van der Waals surface area contributed by atoms with E-state index in [4.69, 9.17) is 10.5 Å². The molecule has 0 spiro atoms. The van der Waals surface area contributed by atoms with Crippen molar-refractivity contribution in [1.82, 2.24) is 0 Å². The van der Waals surface area contributed by atoms with Gasteiger partial charge >= 0.3 is 5.97 Å². The summed E-state index contributed by atoms with van der Waals surface area (Å²) in [6.07, 6.45) is 1.53. The normalized spacial score (nSPS) is 15.3. The molecule has 0 bridgehead atoms. The standard InChI is InChI=1S/C12H11NO2/c1-2-10-11(7-15-12(10)14)8-3-5-9(13)6-4-8/h2-6H,1,7,13H2. The van der Waals surface area contributed by atoms with Crippen LogP contribution in [-0.2, 0) is 9.53 Å². The van der Waals surface area contributed by atoms with Crippen molar-refractivity contribution in [2.75, 3.05) is 12.3 Å². The lowest BCUT2D eigenvalue weighted by Gasteiger charge is -2.01. The second-order valence-corrected chi connectivity index (χ2v) is 3.29. The number of rotatable bonds is 2. The lowest BCUT2D eigenvalue weighted by molar-refractivity contribution is -0.135. The van der Waals surface area contributed by atoms with Gasteiger partial charge in [0.05, 0.1) is 5.57 Å². The summed E-state index contributed by atoms with van der Waals surface area (Å²) in [5.74, 6) is -0.308. The van der Waals surface area contributed by atoms with Gasteiger partial charge in [0.25, 0.3) is 0 Å². The molecule has 0 atom stereocenters. The third-order valence-corrected chi connectivity index (χ3v) is 2.36. The van der Waals surface area contributed by atoms with E-state index < -0.39 is 0 Å². The number of anilines is 1. The Morgan fingerprint density at radius 1 is 1.33 bits per heavy atom. The van der Waals surface area contributed by atoms with Crippen molar-refractivity contribution in [3.05, 3.63) is 48.1 Å². The predicted octanol–water partition coefficient (Wildman–Crippen LogP) is 1.77. The van der Waals surface area contributed by atoms with E-state index in [-0.39, 0.29) is 5.97 Å². The number of benzene rings is 1. The summed E-state index contributed by atoms with van der Waals surface area (Å²) in [5.41, 5.74) is 8.65. The molecule has 1 aliphatic rings. The van der Waals surface area contributed by atoms with Gasteiger partial charge in [0.15, 0.2) is 0 Å². The minimum Gasteiger partial charge on any atom is -0.457 e. The van der Waals surface area contributed by atoms with Gasteiger partial charge in [-0.05, 0) is 17.7 Å². The largest absolute Gasteiger partial charge is 0.457 e. The highest BCUT2D eigenvalue weighted by Gasteiger charge is 2.22. The second kappa shape index (κ2) is 3.61. The van der Waals surface area contributed by atoms with Gasteiger partial charge < -0.3 is 10.5 Å². The number of nitrogens with two attached hydrogens (primary N) is 1. The zero-order valence-corrected chi connectivity index (χ0v) is 8.19. The van der Waals surface area contributed by atoms with E-state index in [1.807, 2.05) is 12.1 Å². The van der Waals surface area contributed by atoms with E-state index in [0.717, 1.165) is 11.1 Å². The molecule has 0 aliphatic carbocycles. The van der Waals surface area contributed by atoms with Gasteiger partial charge in [-0.25, -0.2) is 4.79 Å². The summed E-state index contributed by atoms with van der Waals surface area (Å²) < 4.78 is 4.94. The number of cyclic esters (lactones) is 1. The molecular formula is C12H11NO2. The van der Waals surface area contributed by atoms with Crippen LogP contribution < -0.4 is 5.73 Å². The van der Waals surface area contributed by atoms with Crippen molar-refractivity contribution in [3.8, 4) is 0 Å². The lowest BCUT2D eigenvalue weighted by Crippen LogP contribution is -1.95. The first-order valence-corrected chi connectivity index (χ1v) is 4.61. The van der Waals surface area contributed by atoms with Gasteiger partial charge in [-0.1, -0.05) is 24.8 Å². The molecule has 0 fully saturated rings. The summed E-state index contributed by atoms with van der Waals surface area (Å²) in [7, 11) is 0. The Hall–Kier alpha value is -2.03. The fraction of sp³-hybridized carbons (Fsp3) is 0.0833. The van der Waals surface area contributed by atoms with Crippen LogP contribution in [0.4, 0.5) is 5.69 Å². The van der Waals surface area contributed by atoms with E-state index in [1.165, 1.54) is 6.08 Å². The van der Waals surface area contributed by atoms with Gasteiger partial charge in [0.2, 0.25) is 0 Å². The molecule has 3 nitrogen and oxygen atoms in total. The summed E-state index contributed by atoms with van der Waals surface area (Å²) in [6.45, 7) is 3.91. The zero-order valence-electron chi connectivity index (χ0n) is 8.19. The molecule has 76 valence electrons. The van der Waals surface area contributed by atoms with E-state index in [0.29, 0.717) is 17.9 Å². The quantitative estimate of drug-likeness (QED) is 0.586. The van der Waals surface area contributed by atoms with E-state index in [1.54, 1.807) is 12.1 Å². The third-order valence-electron chi connectivity index (χ3n) is 2.36. The number of esters is 1. The molecule has 0 radical (unpaired) electrons. The fourth-order valence-corrected chi connectivity index (χ4v) is 1.55. The van der Waals surface area contributed by atoms with Crippen LogP contribution in [0.25, 0.3) is 5.57 Å². The summed E-state index contributed by atoms with van der Waals surface area (Å²) >= 11 is 0. The monoisotopic (exact) mass is 201 g/mol. The maximum Gasteiger partial charge on any atom is 0.338 e. The molecule has 0 saturated heterocycles. The zero-order chi connectivity index (χ0) is 10.8. The minimum atomic E-state index is -0.308. The Bertz CT molecular complexity index is 443. The first-order chi connectivity index (χ1) is 7.22. The van der Waals surface area contributed by atoms with Crippen molar-refractivity contribution < 1.29 is 9.53 Å². The Morgan fingerprint density at radius 3 is 2.60 bits per heavy atom. The van der Waals surface area contributed by atoms with Gasteiger partial charge in [0.1, 0.15) is 6.61 Å². The van der Waals surface area contributed by atoms with Crippen LogP contribution in [0.1, 0.15) is 5.56 Å². The van der Waals surface area contributed by atoms with Gasteiger partial charge in [-0.2, -0.15) is 0 Å². The maximum atomic E-state index is 11.3. The van der Waals surface area contributed by atoms with Crippen LogP contribution >= 0.6 is 0 Å². The Kier molecular flexibility index (Phi) is 2.29.